The maximum absolute atomic E-state index is 10.9. The molecule has 76 valence electrons. The molecule has 0 radical (unpaired) electrons. The molecule has 0 spiro atoms. The minimum Gasteiger partial charge on any atom is -0.469 e. The number of imidazole rings is 1. The van der Waals surface area contributed by atoms with Crippen molar-refractivity contribution in [2.75, 3.05) is 7.11 Å². The largest absolute Gasteiger partial charge is 0.469 e. The van der Waals surface area contributed by atoms with E-state index in [2.05, 4.69) is 9.72 Å². The van der Waals surface area contributed by atoms with E-state index in [9.17, 15) is 4.79 Å². The minimum atomic E-state index is -0.369. The van der Waals surface area contributed by atoms with Crippen LogP contribution < -0.4 is 0 Å². The number of nitriles is 2. The molecule has 6 heteroatoms. The van der Waals surface area contributed by atoms with Crippen molar-refractivity contribution >= 4 is 5.97 Å². The number of aromatic nitrogens is 2. The summed E-state index contributed by atoms with van der Waals surface area (Å²) in [6.45, 7) is 0.282. The molecule has 0 N–H and O–H groups in total. The first kappa shape index (κ1) is 10.7. The van der Waals surface area contributed by atoms with Crippen LogP contribution in [0.3, 0.4) is 0 Å². The Morgan fingerprint density at radius 1 is 1.60 bits per heavy atom. The average Bonchev–Trinajstić information content (AvgIpc) is 2.67. The maximum Gasteiger partial charge on any atom is 0.307 e. The van der Waals surface area contributed by atoms with Gasteiger partial charge in [0.2, 0.25) is 0 Å². The summed E-state index contributed by atoms with van der Waals surface area (Å²) in [6.07, 6.45) is 1.51. The molecular weight excluding hydrogens is 196 g/mol. The molecule has 6 nitrogen and oxygen atoms in total. The zero-order valence-electron chi connectivity index (χ0n) is 8.10. The van der Waals surface area contributed by atoms with Crippen LogP contribution >= 0.6 is 0 Å². The molecule has 15 heavy (non-hydrogen) atoms. The Balaban J connectivity index is 2.80. The molecule has 0 aliphatic carbocycles. The Morgan fingerprint density at radius 3 is 2.87 bits per heavy atom. The first-order valence-electron chi connectivity index (χ1n) is 4.15. The topological polar surface area (TPSA) is 91.7 Å². The predicted molar refractivity (Wildman–Crippen MR) is 48.3 cm³/mol. The van der Waals surface area contributed by atoms with Crippen LogP contribution in [0.15, 0.2) is 6.33 Å². The third kappa shape index (κ3) is 2.32. The van der Waals surface area contributed by atoms with Crippen LogP contribution in [-0.4, -0.2) is 22.6 Å². The van der Waals surface area contributed by atoms with Crippen LogP contribution in [0.1, 0.15) is 17.8 Å². The van der Waals surface area contributed by atoms with E-state index in [1.54, 1.807) is 6.07 Å². The summed E-state index contributed by atoms with van der Waals surface area (Å²) < 4.78 is 5.91. The van der Waals surface area contributed by atoms with Gasteiger partial charge in [0.15, 0.2) is 11.4 Å². The molecule has 0 saturated heterocycles. The van der Waals surface area contributed by atoms with Crippen molar-refractivity contribution in [1.82, 2.24) is 9.55 Å². The summed E-state index contributed by atoms with van der Waals surface area (Å²) in [6, 6.07) is 3.66. The van der Waals surface area contributed by atoms with E-state index in [0.717, 1.165) is 0 Å². The number of carbonyl (C=O) groups is 1. The van der Waals surface area contributed by atoms with Gasteiger partial charge in [-0.15, -0.1) is 0 Å². The van der Waals surface area contributed by atoms with E-state index in [-0.39, 0.29) is 30.3 Å². The van der Waals surface area contributed by atoms with Gasteiger partial charge in [-0.05, 0) is 0 Å². The Morgan fingerprint density at radius 2 is 2.33 bits per heavy atom. The van der Waals surface area contributed by atoms with Gasteiger partial charge in [0.1, 0.15) is 12.1 Å². The van der Waals surface area contributed by atoms with E-state index in [1.165, 1.54) is 18.0 Å². The summed E-state index contributed by atoms with van der Waals surface area (Å²) in [5.41, 5.74) is 0.240. The van der Waals surface area contributed by atoms with Crippen molar-refractivity contribution in [2.24, 2.45) is 0 Å². The Labute approximate surface area is 86.3 Å². The Bertz CT molecular complexity index is 450. The van der Waals surface area contributed by atoms with Crippen molar-refractivity contribution in [1.29, 1.82) is 10.5 Å². The van der Waals surface area contributed by atoms with Crippen LogP contribution in [0.2, 0.25) is 0 Å². The normalized spacial score (nSPS) is 9.00. The zero-order valence-corrected chi connectivity index (χ0v) is 8.10. The number of methoxy groups -OCH3 is 1. The third-order valence-corrected chi connectivity index (χ3v) is 1.83. The van der Waals surface area contributed by atoms with Crippen LogP contribution in [-0.2, 0) is 16.1 Å². The minimum absolute atomic E-state index is 0.0716. The number of rotatable bonds is 3. The smallest absolute Gasteiger partial charge is 0.307 e. The highest BCUT2D eigenvalue weighted by atomic mass is 16.5. The molecule has 1 aromatic rings. The lowest BCUT2D eigenvalue weighted by molar-refractivity contribution is -0.140. The molecular formula is C9H8N4O2. The lowest BCUT2D eigenvalue weighted by Gasteiger charge is -2.01. The molecule has 1 rings (SSSR count). The van der Waals surface area contributed by atoms with Crippen LogP contribution in [0, 0.1) is 22.7 Å². The fourth-order valence-corrected chi connectivity index (χ4v) is 1.06. The molecule has 0 fully saturated rings. The fourth-order valence-electron chi connectivity index (χ4n) is 1.06. The van der Waals surface area contributed by atoms with Crippen molar-refractivity contribution in [2.45, 2.75) is 13.0 Å². The second-order valence-corrected chi connectivity index (χ2v) is 2.68. The summed E-state index contributed by atoms with van der Waals surface area (Å²) >= 11 is 0. The predicted octanol–water partition coefficient (Wildman–Crippen LogP) is 0.190. The maximum atomic E-state index is 10.9. The lowest BCUT2D eigenvalue weighted by Crippen LogP contribution is -2.07. The number of hydrogen-bond donors (Lipinski definition) is 0. The molecule has 1 heterocycles. The second-order valence-electron chi connectivity index (χ2n) is 2.68. The quantitative estimate of drug-likeness (QED) is 0.655. The Kier molecular flexibility index (Phi) is 3.42. The van der Waals surface area contributed by atoms with E-state index in [4.69, 9.17) is 10.5 Å². The zero-order chi connectivity index (χ0) is 11.3. The molecule has 0 unspecified atom stereocenters. The van der Waals surface area contributed by atoms with Gasteiger partial charge in [-0.25, -0.2) is 4.98 Å². The molecule has 1 aromatic heterocycles. The standard InChI is InChI=1S/C9H8N4O2/c1-15-9(14)2-3-13-6-12-7(4-10)8(13)5-11/h6H,2-3H2,1H3. The van der Waals surface area contributed by atoms with Crippen LogP contribution in [0.4, 0.5) is 0 Å². The number of ether oxygens (including phenoxy) is 1. The van der Waals surface area contributed by atoms with E-state index in [1.807, 2.05) is 6.07 Å². The van der Waals surface area contributed by atoms with Crippen molar-refractivity contribution in [3.05, 3.63) is 17.7 Å². The lowest BCUT2D eigenvalue weighted by atomic mass is 10.3. The Hall–Kier alpha value is -2.34. The van der Waals surface area contributed by atoms with Crippen molar-refractivity contribution in [3.63, 3.8) is 0 Å². The molecule has 0 aliphatic heterocycles. The highest BCUT2D eigenvalue weighted by Crippen LogP contribution is 2.05. The molecule has 0 atom stereocenters. The van der Waals surface area contributed by atoms with E-state index < -0.39 is 0 Å². The summed E-state index contributed by atoms with van der Waals surface area (Å²) in [7, 11) is 1.29. The summed E-state index contributed by atoms with van der Waals surface area (Å²) in [4.78, 5) is 14.6. The molecule has 0 aliphatic rings. The monoisotopic (exact) mass is 204 g/mol. The van der Waals surface area contributed by atoms with Gasteiger partial charge < -0.3 is 9.30 Å². The number of esters is 1. The number of aryl methyl sites for hydroxylation is 1. The molecule has 0 saturated carbocycles. The van der Waals surface area contributed by atoms with Crippen LogP contribution in [0.5, 0.6) is 0 Å². The molecule has 0 aromatic carbocycles. The number of hydrogen-bond acceptors (Lipinski definition) is 5. The van der Waals surface area contributed by atoms with Gasteiger partial charge in [0, 0.05) is 6.54 Å². The van der Waals surface area contributed by atoms with Gasteiger partial charge >= 0.3 is 5.97 Å². The van der Waals surface area contributed by atoms with Gasteiger partial charge in [0.25, 0.3) is 0 Å². The van der Waals surface area contributed by atoms with Crippen LogP contribution in [0.25, 0.3) is 0 Å². The van der Waals surface area contributed by atoms with E-state index in [0.29, 0.717) is 0 Å². The van der Waals surface area contributed by atoms with Gasteiger partial charge in [0.05, 0.1) is 19.9 Å². The van der Waals surface area contributed by atoms with Gasteiger partial charge in [-0.1, -0.05) is 0 Å². The highest BCUT2D eigenvalue weighted by molar-refractivity contribution is 5.69. The van der Waals surface area contributed by atoms with Crippen molar-refractivity contribution in [3.8, 4) is 12.1 Å². The molecule has 0 bridgehead atoms. The number of nitrogens with zero attached hydrogens (tertiary/aromatic N) is 4. The average molecular weight is 204 g/mol. The summed E-state index contributed by atoms with van der Waals surface area (Å²) in [5.74, 6) is -0.369. The third-order valence-electron chi connectivity index (χ3n) is 1.83. The summed E-state index contributed by atoms with van der Waals surface area (Å²) in [5, 5.41) is 17.4. The fraction of sp³-hybridized carbons (Fsp3) is 0.333. The van der Waals surface area contributed by atoms with E-state index >= 15 is 0 Å². The second kappa shape index (κ2) is 4.77. The first-order chi connectivity index (χ1) is 7.22. The highest BCUT2D eigenvalue weighted by Gasteiger charge is 2.10. The SMILES string of the molecule is COC(=O)CCn1cnc(C#N)c1C#N. The first-order valence-corrected chi connectivity index (χ1v) is 4.15. The van der Waals surface area contributed by atoms with Gasteiger partial charge in [-0.2, -0.15) is 10.5 Å². The van der Waals surface area contributed by atoms with Crippen molar-refractivity contribution < 1.29 is 9.53 Å². The number of carbonyl (C=O) groups excluding carboxylic acids is 1. The van der Waals surface area contributed by atoms with Gasteiger partial charge in [-0.3, -0.25) is 4.79 Å². The molecule has 0 amide bonds.